The summed E-state index contributed by atoms with van der Waals surface area (Å²) in [6, 6.07) is 5.16. The van der Waals surface area contributed by atoms with E-state index in [9.17, 15) is 9.59 Å². The molecule has 1 aliphatic heterocycles. The zero-order valence-electron chi connectivity index (χ0n) is 11.4. The van der Waals surface area contributed by atoms with Crippen molar-refractivity contribution in [3.8, 4) is 0 Å². The van der Waals surface area contributed by atoms with Crippen molar-refractivity contribution in [2.45, 2.75) is 13.8 Å². The third-order valence-electron chi connectivity index (χ3n) is 3.66. The molecule has 108 valence electrons. The number of halogens is 1. The summed E-state index contributed by atoms with van der Waals surface area (Å²) in [4.78, 5) is 24.4. The highest BCUT2D eigenvalue weighted by atomic mass is 35.5. The van der Waals surface area contributed by atoms with Crippen LogP contribution in [0.1, 0.15) is 12.5 Å². The van der Waals surface area contributed by atoms with E-state index in [-0.39, 0.29) is 11.9 Å². The van der Waals surface area contributed by atoms with Crippen molar-refractivity contribution in [1.29, 1.82) is 0 Å². The Morgan fingerprint density at radius 1 is 1.45 bits per heavy atom. The van der Waals surface area contributed by atoms with E-state index in [1.807, 2.05) is 13.0 Å². The van der Waals surface area contributed by atoms with Gasteiger partial charge in [-0.25, -0.2) is 4.79 Å². The molecular weight excluding hydrogens is 280 g/mol. The van der Waals surface area contributed by atoms with E-state index >= 15 is 0 Å². The Kier molecular flexibility index (Phi) is 4.18. The number of nitrogens with zero attached hydrogens (tertiary/aromatic N) is 1. The van der Waals surface area contributed by atoms with E-state index in [0.29, 0.717) is 23.8 Å². The number of anilines is 1. The third-order valence-corrected chi connectivity index (χ3v) is 3.99. The zero-order chi connectivity index (χ0) is 14.9. The summed E-state index contributed by atoms with van der Waals surface area (Å²) in [5.41, 5.74) is 1.58. The summed E-state index contributed by atoms with van der Waals surface area (Å²) >= 11 is 6.02. The smallest absolute Gasteiger partial charge is 0.321 e. The number of nitrogens with one attached hydrogen (secondary N) is 1. The number of carboxylic acid groups (broad SMARTS) is 1. The third kappa shape index (κ3) is 3.04. The molecule has 1 fully saturated rings. The molecular formula is C14H17ClN2O3. The lowest BCUT2D eigenvalue weighted by Gasteiger charge is -2.41. The Bertz CT molecular complexity index is 541. The molecule has 5 nitrogen and oxygen atoms in total. The number of aliphatic carboxylic acids is 1. The Balaban J connectivity index is 1.92. The van der Waals surface area contributed by atoms with Gasteiger partial charge in [0.05, 0.1) is 16.6 Å². The molecule has 0 bridgehead atoms. The highest BCUT2D eigenvalue weighted by Gasteiger charge is 2.37. The molecule has 1 atom stereocenters. The SMILES string of the molecule is Cc1ccc(Cl)c(NC(=O)N2CC(C(C)C(=O)O)C2)c1. The first-order chi connectivity index (χ1) is 9.38. The number of carbonyl (C=O) groups is 2. The van der Waals surface area contributed by atoms with Crippen LogP contribution in [0.5, 0.6) is 0 Å². The van der Waals surface area contributed by atoms with E-state index in [0.717, 1.165) is 5.56 Å². The minimum atomic E-state index is -0.822. The van der Waals surface area contributed by atoms with Gasteiger partial charge in [0.2, 0.25) is 0 Å². The summed E-state index contributed by atoms with van der Waals surface area (Å²) in [6.45, 7) is 4.51. The highest BCUT2D eigenvalue weighted by Crippen LogP contribution is 2.27. The lowest BCUT2D eigenvalue weighted by Crippen LogP contribution is -2.54. The predicted octanol–water partition coefficient (Wildman–Crippen LogP) is 2.83. The van der Waals surface area contributed by atoms with Crippen LogP contribution >= 0.6 is 11.6 Å². The molecule has 2 rings (SSSR count). The molecule has 1 aromatic rings. The van der Waals surface area contributed by atoms with Crippen LogP contribution in [0.3, 0.4) is 0 Å². The molecule has 1 saturated heterocycles. The van der Waals surface area contributed by atoms with Gasteiger partial charge in [0.15, 0.2) is 0 Å². The van der Waals surface area contributed by atoms with Crippen molar-refractivity contribution in [1.82, 2.24) is 4.90 Å². The van der Waals surface area contributed by atoms with Crippen molar-refractivity contribution in [2.75, 3.05) is 18.4 Å². The second-order valence-corrected chi connectivity index (χ2v) is 5.61. The fourth-order valence-corrected chi connectivity index (χ4v) is 2.29. The number of likely N-dealkylation sites (tertiary alicyclic amines) is 1. The van der Waals surface area contributed by atoms with Gasteiger partial charge in [-0.2, -0.15) is 0 Å². The van der Waals surface area contributed by atoms with Crippen LogP contribution in [0, 0.1) is 18.8 Å². The Morgan fingerprint density at radius 2 is 2.10 bits per heavy atom. The second-order valence-electron chi connectivity index (χ2n) is 5.21. The molecule has 1 aromatic carbocycles. The molecule has 1 aliphatic rings. The number of hydrogen-bond donors (Lipinski definition) is 2. The Morgan fingerprint density at radius 3 is 2.70 bits per heavy atom. The number of aryl methyl sites for hydroxylation is 1. The Hall–Kier alpha value is -1.75. The molecule has 0 aliphatic carbocycles. The number of benzene rings is 1. The minimum Gasteiger partial charge on any atom is -0.481 e. The molecule has 0 spiro atoms. The zero-order valence-corrected chi connectivity index (χ0v) is 12.1. The largest absolute Gasteiger partial charge is 0.481 e. The van der Waals surface area contributed by atoms with Crippen LogP contribution in [0.15, 0.2) is 18.2 Å². The highest BCUT2D eigenvalue weighted by molar-refractivity contribution is 6.33. The Labute approximate surface area is 122 Å². The van der Waals surface area contributed by atoms with Crippen molar-refractivity contribution in [3.63, 3.8) is 0 Å². The van der Waals surface area contributed by atoms with Crippen LogP contribution in [0.25, 0.3) is 0 Å². The minimum absolute atomic E-state index is 0.0197. The van der Waals surface area contributed by atoms with Crippen molar-refractivity contribution < 1.29 is 14.7 Å². The first kappa shape index (κ1) is 14.7. The first-order valence-corrected chi connectivity index (χ1v) is 6.81. The van der Waals surface area contributed by atoms with E-state index in [4.69, 9.17) is 16.7 Å². The lowest BCUT2D eigenvalue weighted by molar-refractivity contribution is -0.144. The van der Waals surface area contributed by atoms with Gasteiger partial charge in [-0.15, -0.1) is 0 Å². The van der Waals surface area contributed by atoms with Gasteiger partial charge >= 0.3 is 12.0 Å². The molecule has 20 heavy (non-hydrogen) atoms. The van der Waals surface area contributed by atoms with Gasteiger partial charge in [-0.1, -0.05) is 24.6 Å². The van der Waals surface area contributed by atoms with Gasteiger partial charge in [-0.05, 0) is 24.6 Å². The first-order valence-electron chi connectivity index (χ1n) is 6.43. The number of hydrogen-bond acceptors (Lipinski definition) is 2. The van der Waals surface area contributed by atoms with Crippen LogP contribution in [0.4, 0.5) is 10.5 Å². The maximum atomic E-state index is 12.0. The predicted molar refractivity (Wildman–Crippen MR) is 77.1 cm³/mol. The topological polar surface area (TPSA) is 69.6 Å². The second kappa shape index (κ2) is 5.71. The number of carboxylic acids is 1. The number of carbonyl (C=O) groups excluding carboxylic acids is 1. The van der Waals surface area contributed by atoms with Gasteiger partial charge in [0.1, 0.15) is 0 Å². The fraction of sp³-hybridized carbons (Fsp3) is 0.429. The van der Waals surface area contributed by atoms with Crippen molar-refractivity contribution in [2.24, 2.45) is 11.8 Å². The van der Waals surface area contributed by atoms with Crippen molar-refractivity contribution >= 4 is 29.3 Å². The van der Waals surface area contributed by atoms with Crippen molar-refractivity contribution in [3.05, 3.63) is 28.8 Å². The van der Waals surface area contributed by atoms with Gasteiger partial charge in [0.25, 0.3) is 0 Å². The molecule has 0 radical (unpaired) electrons. The molecule has 0 aromatic heterocycles. The number of amides is 2. The van der Waals surface area contributed by atoms with E-state index in [1.54, 1.807) is 24.0 Å². The summed E-state index contributed by atoms with van der Waals surface area (Å²) in [5, 5.41) is 12.1. The molecule has 1 heterocycles. The van der Waals surface area contributed by atoms with Gasteiger partial charge < -0.3 is 15.3 Å². The average Bonchev–Trinajstić information content (AvgIpc) is 2.31. The molecule has 0 saturated carbocycles. The summed E-state index contributed by atoms with van der Waals surface area (Å²) in [7, 11) is 0. The number of rotatable bonds is 3. The van der Waals surface area contributed by atoms with Crippen LogP contribution in [-0.2, 0) is 4.79 Å². The fourth-order valence-electron chi connectivity index (χ4n) is 2.13. The van der Waals surface area contributed by atoms with E-state index in [1.165, 1.54) is 0 Å². The van der Waals surface area contributed by atoms with Crippen LogP contribution < -0.4 is 5.32 Å². The monoisotopic (exact) mass is 296 g/mol. The van der Waals surface area contributed by atoms with Gasteiger partial charge in [-0.3, -0.25) is 4.79 Å². The summed E-state index contributed by atoms with van der Waals surface area (Å²) in [6.07, 6.45) is 0. The van der Waals surface area contributed by atoms with Gasteiger partial charge in [0, 0.05) is 19.0 Å². The molecule has 2 amide bonds. The maximum Gasteiger partial charge on any atom is 0.321 e. The lowest BCUT2D eigenvalue weighted by atomic mass is 9.87. The summed E-state index contributed by atoms with van der Waals surface area (Å²) < 4.78 is 0. The van der Waals surface area contributed by atoms with E-state index < -0.39 is 11.9 Å². The number of urea groups is 1. The quantitative estimate of drug-likeness (QED) is 0.901. The standard InChI is InChI=1S/C14H17ClN2O3/c1-8-3-4-11(15)12(5-8)16-14(20)17-6-10(7-17)9(2)13(18)19/h3-5,9-10H,6-7H2,1-2H3,(H,16,20)(H,18,19). The molecule has 1 unspecified atom stereocenters. The van der Waals surface area contributed by atoms with Crippen LogP contribution in [-0.4, -0.2) is 35.1 Å². The average molecular weight is 297 g/mol. The maximum absolute atomic E-state index is 12.0. The van der Waals surface area contributed by atoms with E-state index in [2.05, 4.69) is 5.32 Å². The molecule has 2 N–H and O–H groups in total. The molecule has 6 heteroatoms. The summed E-state index contributed by atoms with van der Waals surface area (Å²) in [5.74, 6) is -1.23. The van der Waals surface area contributed by atoms with Crippen LogP contribution in [0.2, 0.25) is 5.02 Å². The normalized spacial score (nSPS) is 16.4.